The lowest BCUT2D eigenvalue weighted by Gasteiger charge is -2.14. The second-order valence-electron chi connectivity index (χ2n) is 4.04. The Labute approximate surface area is 76.5 Å². The molecule has 72 valence electrons. The molecule has 0 unspecified atom stereocenters. The van der Waals surface area contributed by atoms with Gasteiger partial charge >= 0.3 is 5.97 Å². The van der Waals surface area contributed by atoms with Crippen LogP contribution in [0, 0.1) is 6.92 Å². The van der Waals surface area contributed by atoms with Crippen LogP contribution in [0.25, 0.3) is 0 Å². The summed E-state index contributed by atoms with van der Waals surface area (Å²) in [6.07, 6.45) is 0. The van der Waals surface area contributed by atoms with Crippen LogP contribution in [0.3, 0.4) is 0 Å². The molecule has 0 aliphatic rings. The molecule has 0 aliphatic carbocycles. The van der Waals surface area contributed by atoms with Gasteiger partial charge in [-0.25, -0.2) is 4.79 Å². The van der Waals surface area contributed by atoms with E-state index < -0.39 is 5.97 Å². The highest BCUT2D eigenvalue weighted by Crippen LogP contribution is 2.26. The summed E-state index contributed by atoms with van der Waals surface area (Å²) in [6, 6.07) is 0. The van der Waals surface area contributed by atoms with Gasteiger partial charge < -0.3 is 9.63 Å². The van der Waals surface area contributed by atoms with Gasteiger partial charge in [0, 0.05) is 11.0 Å². The van der Waals surface area contributed by atoms with Crippen molar-refractivity contribution in [2.75, 3.05) is 0 Å². The molecule has 1 rings (SSSR count). The Balaban J connectivity index is 3.22. The molecule has 1 N–H and O–H groups in total. The lowest BCUT2D eigenvalue weighted by atomic mass is 9.89. The Bertz CT molecular complexity index is 333. The predicted octanol–water partition coefficient (Wildman–Crippen LogP) is 1.98. The van der Waals surface area contributed by atoms with E-state index in [2.05, 4.69) is 5.16 Å². The van der Waals surface area contributed by atoms with Crippen LogP contribution in [-0.4, -0.2) is 16.2 Å². The fraction of sp³-hybridized carbons (Fsp3) is 0.556. The van der Waals surface area contributed by atoms with Crippen molar-refractivity contribution in [3.8, 4) is 0 Å². The molecule has 0 saturated carbocycles. The highest BCUT2D eigenvalue weighted by Gasteiger charge is 2.26. The molecule has 13 heavy (non-hydrogen) atoms. The lowest BCUT2D eigenvalue weighted by molar-refractivity contribution is 0.0650. The van der Waals surface area contributed by atoms with Gasteiger partial charge in [-0.1, -0.05) is 25.9 Å². The first-order valence-corrected chi connectivity index (χ1v) is 4.04. The van der Waals surface area contributed by atoms with Crippen molar-refractivity contribution in [1.82, 2.24) is 5.16 Å². The average molecular weight is 183 g/mol. The van der Waals surface area contributed by atoms with E-state index in [4.69, 9.17) is 9.63 Å². The third-order valence-corrected chi connectivity index (χ3v) is 1.83. The number of carboxylic acid groups (broad SMARTS) is 1. The van der Waals surface area contributed by atoms with Crippen LogP contribution in [-0.2, 0) is 5.41 Å². The summed E-state index contributed by atoms with van der Waals surface area (Å²) >= 11 is 0. The van der Waals surface area contributed by atoms with Crippen molar-refractivity contribution in [2.45, 2.75) is 33.1 Å². The van der Waals surface area contributed by atoms with Gasteiger partial charge in [-0.3, -0.25) is 0 Å². The number of aromatic carboxylic acids is 1. The first-order chi connectivity index (χ1) is 5.84. The van der Waals surface area contributed by atoms with Gasteiger partial charge in [0.2, 0.25) is 5.76 Å². The van der Waals surface area contributed by atoms with Crippen molar-refractivity contribution in [3.05, 3.63) is 17.0 Å². The van der Waals surface area contributed by atoms with E-state index in [1.807, 2.05) is 20.8 Å². The largest absolute Gasteiger partial charge is 0.475 e. The Morgan fingerprint density at radius 3 is 2.23 bits per heavy atom. The maximum absolute atomic E-state index is 10.6. The third kappa shape index (κ3) is 1.71. The topological polar surface area (TPSA) is 63.3 Å². The minimum atomic E-state index is -1.07. The van der Waals surface area contributed by atoms with Crippen molar-refractivity contribution >= 4 is 5.97 Å². The summed E-state index contributed by atoms with van der Waals surface area (Å²) in [4.78, 5) is 10.6. The van der Waals surface area contributed by atoms with Gasteiger partial charge in [0.15, 0.2) is 0 Å². The number of hydrogen-bond donors (Lipinski definition) is 1. The second kappa shape index (κ2) is 2.87. The van der Waals surface area contributed by atoms with E-state index in [1.54, 1.807) is 6.92 Å². The van der Waals surface area contributed by atoms with Gasteiger partial charge in [-0.2, -0.15) is 0 Å². The summed E-state index contributed by atoms with van der Waals surface area (Å²) in [6.45, 7) is 7.59. The fourth-order valence-corrected chi connectivity index (χ4v) is 1.23. The van der Waals surface area contributed by atoms with Gasteiger partial charge in [-0.15, -0.1) is 0 Å². The number of nitrogens with zero attached hydrogens (tertiary/aromatic N) is 1. The van der Waals surface area contributed by atoms with E-state index >= 15 is 0 Å². The number of rotatable bonds is 1. The smallest absolute Gasteiger partial charge is 0.375 e. The molecule has 1 aromatic rings. The summed E-state index contributed by atoms with van der Waals surface area (Å²) in [5.74, 6) is -1.13. The third-order valence-electron chi connectivity index (χ3n) is 1.83. The van der Waals surface area contributed by atoms with Crippen LogP contribution in [0.15, 0.2) is 4.52 Å². The first kappa shape index (κ1) is 9.77. The molecular weight excluding hydrogens is 170 g/mol. The zero-order valence-corrected chi connectivity index (χ0v) is 8.21. The zero-order valence-electron chi connectivity index (χ0n) is 8.21. The van der Waals surface area contributed by atoms with Gasteiger partial charge in [0.25, 0.3) is 0 Å². The van der Waals surface area contributed by atoms with Crippen LogP contribution in [0.2, 0.25) is 0 Å². The normalized spacial score (nSPS) is 11.7. The van der Waals surface area contributed by atoms with E-state index in [-0.39, 0.29) is 11.2 Å². The van der Waals surface area contributed by atoms with Crippen LogP contribution >= 0.6 is 0 Å². The van der Waals surface area contributed by atoms with Crippen molar-refractivity contribution in [2.24, 2.45) is 0 Å². The highest BCUT2D eigenvalue weighted by atomic mass is 16.5. The maximum Gasteiger partial charge on any atom is 0.375 e. The Morgan fingerprint density at radius 2 is 2.00 bits per heavy atom. The molecule has 0 radical (unpaired) electrons. The molecule has 1 heterocycles. The fourth-order valence-electron chi connectivity index (χ4n) is 1.23. The number of carbonyl (C=O) groups is 1. The maximum atomic E-state index is 10.6. The van der Waals surface area contributed by atoms with E-state index in [0.717, 1.165) is 0 Å². The Hall–Kier alpha value is -1.32. The molecule has 0 fully saturated rings. The lowest BCUT2D eigenvalue weighted by Crippen LogP contribution is -2.13. The molecule has 0 amide bonds. The zero-order chi connectivity index (χ0) is 10.2. The minimum absolute atomic E-state index is 0.0649. The summed E-state index contributed by atoms with van der Waals surface area (Å²) < 4.78 is 4.73. The van der Waals surface area contributed by atoms with Crippen molar-refractivity contribution in [1.29, 1.82) is 0 Å². The van der Waals surface area contributed by atoms with E-state index in [1.165, 1.54) is 0 Å². The molecule has 1 aromatic heterocycles. The van der Waals surface area contributed by atoms with Crippen LogP contribution in [0.1, 0.15) is 42.6 Å². The van der Waals surface area contributed by atoms with E-state index in [0.29, 0.717) is 11.3 Å². The highest BCUT2D eigenvalue weighted by molar-refractivity contribution is 5.86. The van der Waals surface area contributed by atoms with Crippen LogP contribution in [0.5, 0.6) is 0 Å². The van der Waals surface area contributed by atoms with Gasteiger partial charge in [0.05, 0.1) is 5.69 Å². The number of aromatic nitrogens is 1. The van der Waals surface area contributed by atoms with E-state index in [9.17, 15) is 4.79 Å². The molecule has 0 bridgehead atoms. The van der Waals surface area contributed by atoms with Crippen LogP contribution in [0.4, 0.5) is 0 Å². The van der Waals surface area contributed by atoms with Crippen molar-refractivity contribution < 1.29 is 14.4 Å². The summed E-state index contributed by atoms with van der Waals surface area (Å²) in [5, 5.41) is 12.5. The summed E-state index contributed by atoms with van der Waals surface area (Å²) in [7, 11) is 0. The second-order valence-corrected chi connectivity index (χ2v) is 4.04. The molecule has 0 spiro atoms. The SMILES string of the molecule is Cc1c(C(C)(C)C)noc1C(=O)O. The Kier molecular flexibility index (Phi) is 2.15. The molecule has 0 aliphatic heterocycles. The van der Waals surface area contributed by atoms with Crippen LogP contribution < -0.4 is 0 Å². The average Bonchev–Trinajstić information content (AvgIpc) is 2.28. The molecule has 0 saturated heterocycles. The number of carboxylic acids is 1. The summed E-state index contributed by atoms with van der Waals surface area (Å²) in [5.41, 5.74) is 1.13. The molecule has 4 nitrogen and oxygen atoms in total. The minimum Gasteiger partial charge on any atom is -0.475 e. The first-order valence-electron chi connectivity index (χ1n) is 4.04. The predicted molar refractivity (Wildman–Crippen MR) is 46.9 cm³/mol. The molecule has 0 atom stereocenters. The quantitative estimate of drug-likeness (QED) is 0.723. The molecule has 0 aromatic carbocycles. The Morgan fingerprint density at radius 1 is 1.46 bits per heavy atom. The van der Waals surface area contributed by atoms with Crippen molar-refractivity contribution in [3.63, 3.8) is 0 Å². The monoisotopic (exact) mass is 183 g/mol. The standard InChI is InChI=1S/C9H13NO3/c1-5-6(8(11)12)13-10-7(5)9(2,3)4/h1-4H3,(H,11,12). The number of hydrogen-bond acceptors (Lipinski definition) is 3. The molecule has 4 heteroatoms. The van der Waals surface area contributed by atoms with Gasteiger partial charge in [-0.05, 0) is 6.92 Å². The molecular formula is C9H13NO3. The van der Waals surface area contributed by atoms with Gasteiger partial charge in [0.1, 0.15) is 0 Å².